The molecule has 1 rings (SSSR count). The molecule has 1 aromatic carbocycles. The van der Waals surface area contributed by atoms with Crippen molar-refractivity contribution in [2.24, 2.45) is 0 Å². The molecule has 0 amide bonds. The molecule has 0 atom stereocenters. The van der Waals surface area contributed by atoms with Gasteiger partial charge in [-0.05, 0) is 19.1 Å². The van der Waals surface area contributed by atoms with Crippen LogP contribution in [0.3, 0.4) is 0 Å². The van der Waals surface area contributed by atoms with E-state index >= 15 is 0 Å². The Hall–Kier alpha value is -1.66. The van der Waals surface area contributed by atoms with Gasteiger partial charge in [0.2, 0.25) is 0 Å². The molecular formula is C11H13ClN2O4. The van der Waals surface area contributed by atoms with Crippen molar-refractivity contribution >= 4 is 23.3 Å². The summed E-state index contributed by atoms with van der Waals surface area (Å²) in [6, 6.07) is 4.40. The lowest BCUT2D eigenvalue weighted by atomic mass is 10.2. The molecule has 6 nitrogen and oxygen atoms in total. The molecule has 0 aliphatic heterocycles. The lowest BCUT2D eigenvalue weighted by Crippen LogP contribution is -2.24. The number of nitrogens with one attached hydrogen (secondary N) is 1. The monoisotopic (exact) mass is 272 g/mol. The third-order valence-electron chi connectivity index (χ3n) is 2.13. The summed E-state index contributed by atoms with van der Waals surface area (Å²) in [7, 11) is 0. The van der Waals surface area contributed by atoms with Crippen LogP contribution in [0.2, 0.25) is 5.02 Å². The smallest absolute Gasteiger partial charge is 0.319 e. The quantitative estimate of drug-likeness (QED) is 0.486. The lowest BCUT2D eigenvalue weighted by molar-refractivity contribution is -0.385. The molecule has 0 unspecified atom stereocenters. The van der Waals surface area contributed by atoms with Gasteiger partial charge in [0, 0.05) is 23.2 Å². The Kier molecular flexibility index (Phi) is 5.54. The number of nitro benzene ring substituents is 1. The van der Waals surface area contributed by atoms with E-state index in [1.165, 1.54) is 6.07 Å². The van der Waals surface area contributed by atoms with Gasteiger partial charge in [-0.1, -0.05) is 11.6 Å². The largest absolute Gasteiger partial charge is 0.465 e. The number of hydrogen-bond acceptors (Lipinski definition) is 5. The highest BCUT2D eigenvalue weighted by molar-refractivity contribution is 6.30. The van der Waals surface area contributed by atoms with Crippen molar-refractivity contribution in [2.45, 2.75) is 13.5 Å². The fraction of sp³-hybridized carbons (Fsp3) is 0.364. The Bertz CT molecular complexity index is 451. The van der Waals surface area contributed by atoms with E-state index in [1.807, 2.05) is 0 Å². The molecule has 0 aliphatic rings. The molecule has 0 heterocycles. The first-order valence-electron chi connectivity index (χ1n) is 5.33. The number of hydrogen-bond donors (Lipinski definition) is 1. The number of carbonyl (C=O) groups excluding carboxylic acids is 1. The van der Waals surface area contributed by atoms with Gasteiger partial charge in [0.05, 0.1) is 18.1 Å². The maximum atomic E-state index is 11.1. The number of halogens is 1. The summed E-state index contributed by atoms with van der Waals surface area (Å²) in [6.07, 6.45) is 0. The van der Waals surface area contributed by atoms with Gasteiger partial charge in [-0.25, -0.2) is 0 Å². The van der Waals surface area contributed by atoms with Crippen molar-refractivity contribution in [1.82, 2.24) is 5.32 Å². The molecule has 1 N–H and O–H groups in total. The molecule has 0 aliphatic carbocycles. The van der Waals surface area contributed by atoms with E-state index in [1.54, 1.807) is 19.1 Å². The van der Waals surface area contributed by atoms with Gasteiger partial charge in [0.25, 0.3) is 5.69 Å². The van der Waals surface area contributed by atoms with E-state index < -0.39 is 10.9 Å². The fourth-order valence-electron chi connectivity index (χ4n) is 1.37. The van der Waals surface area contributed by atoms with Crippen molar-refractivity contribution in [3.8, 4) is 0 Å². The minimum absolute atomic E-state index is 0.00756. The van der Waals surface area contributed by atoms with Crippen LogP contribution in [0, 0.1) is 10.1 Å². The molecule has 0 saturated heterocycles. The number of rotatable bonds is 6. The van der Waals surface area contributed by atoms with Crippen LogP contribution in [0.1, 0.15) is 12.5 Å². The zero-order valence-electron chi connectivity index (χ0n) is 9.81. The number of esters is 1. The summed E-state index contributed by atoms with van der Waals surface area (Å²) in [4.78, 5) is 21.4. The Morgan fingerprint density at radius 1 is 1.56 bits per heavy atom. The maximum Gasteiger partial charge on any atom is 0.319 e. The van der Waals surface area contributed by atoms with Gasteiger partial charge in [-0.3, -0.25) is 14.9 Å². The van der Waals surface area contributed by atoms with E-state index in [-0.39, 0.29) is 18.8 Å². The van der Waals surface area contributed by atoms with Crippen LogP contribution in [0.15, 0.2) is 18.2 Å². The van der Waals surface area contributed by atoms with E-state index in [2.05, 4.69) is 5.32 Å². The lowest BCUT2D eigenvalue weighted by Gasteiger charge is -2.05. The molecular weight excluding hydrogens is 260 g/mol. The number of nitro groups is 1. The van der Waals surface area contributed by atoms with E-state index in [9.17, 15) is 14.9 Å². The summed E-state index contributed by atoms with van der Waals surface area (Å²) >= 11 is 5.69. The maximum absolute atomic E-state index is 11.1. The Labute approximate surface area is 109 Å². The van der Waals surface area contributed by atoms with Crippen molar-refractivity contribution in [1.29, 1.82) is 0 Å². The molecule has 0 radical (unpaired) electrons. The van der Waals surface area contributed by atoms with Crippen LogP contribution in [0.25, 0.3) is 0 Å². The second kappa shape index (κ2) is 6.93. The second-order valence-electron chi connectivity index (χ2n) is 3.44. The minimum atomic E-state index is -0.507. The third kappa shape index (κ3) is 4.31. The normalized spacial score (nSPS) is 10.1. The Balaban J connectivity index is 2.62. The highest BCUT2D eigenvalue weighted by Gasteiger charge is 2.14. The molecule has 98 valence electrons. The van der Waals surface area contributed by atoms with Gasteiger partial charge in [-0.15, -0.1) is 0 Å². The number of nitrogens with zero attached hydrogens (tertiary/aromatic N) is 1. The predicted molar refractivity (Wildman–Crippen MR) is 66.4 cm³/mol. The number of benzene rings is 1. The van der Waals surface area contributed by atoms with Gasteiger partial charge >= 0.3 is 5.97 Å². The van der Waals surface area contributed by atoms with Crippen LogP contribution >= 0.6 is 11.6 Å². The number of ether oxygens (including phenoxy) is 1. The molecule has 0 bridgehead atoms. The van der Waals surface area contributed by atoms with E-state index in [0.717, 1.165) is 0 Å². The zero-order valence-corrected chi connectivity index (χ0v) is 10.6. The van der Waals surface area contributed by atoms with Gasteiger partial charge in [-0.2, -0.15) is 0 Å². The fourth-order valence-corrected chi connectivity index (χ4v) is 1.53. The SMILES string of the molecule is CCOC(=O)CNCc1ccc(Cl)cc1[N+](=O)[O-]. The van der Waals surface area contributed by atoms with Crippen LogP contribution < -0.4 is 5.32 Å². The second-order valence-corrected chi connectivity index (χ2v) is 3.88. The molecule has 18 heavy (non-hydrogen) atoms. The molecule has 1 aromatic rings. The van der Waals surface area contributed by atoms with Crippen molar-refractivity contribution in [3.05, 3.63) is 38.9 Å². The van der Waals surface area contributed by atoms with Crippen LogP contribution in [-0.2, 0) is 16.1 Å². The standard InChI is InChI=1S/C11H13ClN2O4/c1-2-18-11(15)7-13-6-8-3-4-9(12)5-10(8)14(16)17/h3-5,13H,2,6-7H2,1H3. The van der Waals surface area contributed by atoms with Crippen molar-refractivity contribution in [3.63, 3.8) is 0 Å². The molecule has 7 heteroatoms. The summed E-state index contributed by atoms with van der Waals surface area (Å²) < 4.78 is 4.72. The van der Waals surface area contributed by atoms with Gasteiger partial charge in [0.1, 0.15) is 0 Å². The summed E-state index contributed by atoms with van der Waals surface area (Å²) in [6.45, 7) is 2.23. The molecule has 0 spiro atoms. The number of carbonyl (C=O) groups is 1. The van der Waals surface area contributed by atoms with Crippen LogP contribution in [0.5, 0.6) is 0 Å². The molecule has 0 saturated carbocycles. The summed E-state index contributed by atoms with van der Waals surface area (Å²) in [5.41, 5.74) is 0.396. The van der Waals surface area contributed by atoms with Gasteiger partial charge < -0.3 is 10.1 Å². The summed E-state index contributed by atoms with van der Waals surface area (Å²) in [5.74, 6) is -0.394. The Morgan fingerprint density at radius 2 is 2.28 bits per heavy atom. The topological polar surface area (TPSA) is 81.5 Å². The first-order chi connectivity index (χ1) is 8.54. The van der Waals surface area contributed by atoms with Crippen molar-refractivity contribution < 1.29 is 14.5 Å². The first kappa shape index (κ1) is 14.4. The Morgan fingerprint density at radius 3 is 2.89 bits per heavy atom. The molecule has 0 aromatic heterocycles. The van der Waals surface area contributed by atoms with Gasteiger partial charge in [0.15, 0.2) is 0 Å². The average Bonchev–Trinajstić information content (AvgIpc) is 2.31. The van der Waals surface area contributed by atoms with E-state index in [4.69, 9.17) is 16.3 Å². The third-order valence-corrected chi connectivity index (χ3v) is 2.37. The van der Waals surface area contributed by atoms with E-state index in [0.29, 0.717) is 17.2 Å². The van der Waals surface area contributed by atoms with Crippen molar-refractivity contribution in [2.75, 3.05) is 13.2 Å². The summed E-state index contributed by atoms with van der Waals surface area (Å²) in [5, 5.41) is 13.9. The zero-order chi connectivity index (χ0) is 13.5. The van der Waals surface area contributed by atoms with Crippen LogP contribution in [-0.4, -0.2) is 24.0 Å². The predicted octanol–water partition coefficient (Wildman–Crippen LogP) is 1.90. The highest BCUT2D eigenvalue weighted by Crippen LogP contribution is 2.22. The molecule has 0 fully saturated rings. The first-order valence-corrected chi connectivity index (χ1v) is 5.71. The van der Waals surface area contributed by atoms with Crippen LogP contribution in [0.4, 0.5) is 5.69 Å². The minimum Gasteiger partial charge on any atom is -0.465 e. The highest BCUT2D eigenvalue weighted by atomic mass is 35.5. The average molecular weight is 273 g/mol.